The molecule has 4 aromatic rings. The third-order valence-corrected chi connectivity index (χ3v) is 6.71. The Balaban J connectivity index is 1.72. The minimum absolute atomic E-state index is 0.152. The van der Waals surface area contributed by atoms with Gasteiger partial charge in [0.1, 0.15) is 11.7 Å². The maximum Gasteiger partial charge on any atom is 0.211 e. The van der Waals surface area contributed by atoms with Gasteiger partial charge in [-0.3, -0.25) is 20.2 Å². The molecule has 0 saturated heterocycles. The second kappa shape index (κ2) is 14.7. The van der Waals surface area contributed by atoms with E-state index in [1.165, 1.54) is 17.1 Å². The number of rotatable bonds is 13. The first-order valence-corrected chi connectivity index (χ1v) is 13.9. The summed E-state index contributed by atoms with van der Waals surface area (Å²) in [6.45, 7) is 2.73. The van der Waals surface area contributed by atoms with E-state index in [-0.39, 0.29) is 11.7 Å². The van der Waals surface area contributed by atoms with Crippen molar-refractivity contribution in [1.29, 1.82) is 5.41 Å². The summed E-state index contributed by atoms with van der Waals surface area (Å²) in [6, 6.07) is 15.9. The number of nitrogens with one attached hydrogen (secondary N) is 4. The molecule has 0 aliphatic carbocycles. The van der Waals surface area contributed by atoms with E-state index in [4.69, 9.17) is 11.3 Å². The molecular formula is C33H37FN8O. The molecule has 0 bridgehead atoms. The van der Waals surface area contributed by atoms with Crippen molar-refractivity contribution in [2.24, 2.45) is 5.84 Å². The number of pyridine rings is 1. The molecule has 0 fully saturated rings. The van der Waals surface area contributed by atoms with E-state index in [0.29, 0.717) is 30.6 Å². The fourth-order valence-electron chi connectivity index (χ4n) is 4.73. The van der Waals surface area contributed by atoms with Crippen LogP contribution in [-0.2, 0) is 11.2 Å². The minimum Gasteiger partial charge on any atom is -0.361 e. The Morgan fingerprint density at radius 1 is 1.09 bits per heavy atom. The number of hydrogen-bond donors (Lipinski definition) is 5. The third-order valence-electron chi connectivity index (χ3n) is 6.71. The molecule has 0 spiro atoms. The van der Waals surface area contributed by atoms with Gasteiger partial charge in [0.15, 0.2) is 0 Å². The number of aromatic nitrogens is 2. The van der Waals surface area contributed by atoms with Crippen molar-refractivity contribution >= 4 is 28.8 Å². The summed E-state index contributed by atoms with van der Waals surface area (Å²) in [7, 11) is 3.50. The lowest BCUT2D eigenvalue weighted by atomic mass is 10.1. The third kappa shape index (κ3) is 8.03. The van der Waals surface area contributed by atoms with Gasteiger partial charge in [0.25, 0.3) is 0 Å². The average Bonchev–Trinajstić information content (AvgIpc) is 3.42. The molecule has 0 saturated carbocycles. The number of fused-ring (bicyclic) bond motifs is 1. The molecule has 4 rings (SSSR count). The number of carbonyl (C=O) groups excluding carboxylic acids is 1. The number of amides is 1. The van der Waals surface area contributed by atoms with Crippen LogP contribution in [0.5, 0.6) is 0 Å². The van der Waals surface area contributed by atoms with E-state index >= 15 is 0 Å². The molecule has 6 N–H and O–H groups in total. The average molecular weight is 581 g/mol. The first-order chi connectivity index (χ1) is 20.8. The fraction of sp³-hybridized carbons (Fsp3) is 0.182. The van der Waals surface area contributed by atoms with Crippen molar-refractivity contribution in [3.8, 4) is 5.69 Å². The van der Waals surface area contributed by atoms with Crippen LogP contribution in [0.15, 0.2) is 103 Å². The van der Waals surface area contributed by atoms with Crippen LogP contribution in [0.4, 0.5) is 4.39 Å². The lowest BCUT2D eigenvalue weighted by Crippen LogP contribution is -2.33. The topological polar surface area (TPSA) is 124 Å². The van der Waals surface area contributed by atoms with Gasteiger partial charge in [-0.1, -0.05) is 31.2 Å². The summed E-state index contributed by atoms with van der Waals surface area (Å²) >= 11 is 0. The summed E-state index contributed by atoms with van der Waals surface area (Å²) in [4.78, 5) is 16.1. The van der Waals surface area contributed by atoms with Crippen LogP contribution in [-0.4, -0.2) is 47.4 Å². The quantitative estimate of drug-likeness (QED) is 0.0393. The smallest absolute Gasteiger partial charge is 0.211 e. The van der Waals surface area contributed by atoms with Gasteiger partial charge in [0, 0.05) is 60.4 Å². The summed E-state index contributed by atoms with van der Waals surface area (Å²) in [5, 5.41) is 19.8. The van der Waals surface area contributed by atoms with Crippen molar-refractivity contribution in [3.63, 3.8) is 0 Å². The zero-order chi connectivity index (χ0) is 30.8. The SMILES string of the molecule is CC/C=C(\CNC)N/C(=C/C=C(\NC=O)c1cccc(C(=N)N(C)N)c1)Cc1cncc(-n2ccc3cc(F)ccc32)c1. The molecule has 43 heavy (non-hydrogen) atoms. The number of halogens is 1. The normalized spacial score (nSPS) is 12.3. The molecule has 2 aromatic heterocycles. The Morgan fingerprint density at radius 3 is 2.65 bits per heavy atom. The first-order valence-electron chi connectivity index (χ1n) is 13.9. The zero-order valence-electron chi connectivity index (χ0n) is 24.6. The molecule has 0 radical (unpaired) electrons. The summed E-state index contributed by atoms with van der Waals surface area (Å²) in [6.07, 6.45) is 13.4. The number of nitrogens with two attached hydrogens (primary N) is 1. The van der Waals surface area contributed by atoms with E-state index in [1.54, 1.807) is 31.4 Å². The van der Waals surface area contributed by atoms with Gasteiger partial charge in [-0.25, -0.2) is 10.2 Å². The van der Waals surface area contributed by atoms with Gasteiger partial charge < -0.3 is 20.5 Å². The number of carbonyl (C=O) groups is 1. The van der Waals surface area contributed by atoms with E-state index in [2.05, 4.69) is 40.0 Å². The van der Waals surface area contributed by atoms with Gasteiger partial charge in [-0.15, -0.1) is 0 Å². The van der Waals surface area contributed by atoms with Crippen LogP contribution in [0, 0.1) is 11.2 Å². The molecule has 0 atom stereocenters. The van der Waals surface area contributed by atoms with E-state index in [1.807, 2.05) is 54.4 Å². The van der Waals surface area contributed by atoms with Crippen molar-refractivity contribution in [2.45, 2.75) is 19.8 Å². The predicted octanol–water partition coefficient (Wildman–Crippen LogP) is 4.61. The minimum atomic E-state index is -0.274. The molecule has 2 aromatic carbocycles. The first kappa shape index (κ1) is 30.9. The number of allylic oxidation sites excluding steroid dienone is 4. The molecule has 222 valence electrons. The Morgan fingerprint density at radius 2 is 1.91 bits per heavy atom. The maximum atomic E-state index is 13.8. The van der Waals surface area contributed by atoms with Gasteiger partial charge in [-0.05, 0) is 73.1 Å². The summed E-state index contributed by atoms with van der Waals surface area (Å²) in [5.74, 6) is 5.65. The van der Waals surface area contributed by atoms with E-state index in [0.717, 1.165) is 45.5 Å². The fourth-order valence-corrected chi connectivity index (χ4v) is 4.73. The Kier molecular flexibility index (Phi) is 10.6. The highest BCUT2D eigenvalue weighted by atomic mass is 19.1. The molecule has 9 nitrogen and oxygen atoms in total. The molecule has 2 heterocycles. The molecule has 0 aliphatic rings. The highest BCUT2D eigenvalue weighted by Gasteiger charge is 2.10. The van der Waals surface area contributed by atoms with E-state index < -0.39 is 0 Å². The van der Waals surface area contributed by atoms with Crippen LogP contribution in [0.3, 0.4) is 0 Å². The number of hydrazine groups is 1. The number of nitrogens with zero attached hydrogens (tertiary/aromatic N) is 3. The van der Waals surface area contributed by atoms with E-state index in [9.17, 15) is 9.18 Å². The second-order valence-electron chi connectivity index (χ2n) is 9.98. The van der Waals surface area contributed by atoms with Crippen molar-refractivity contribution in [3.05, 3.63) is 125 Å². The van der Waals surface area contributed by atoms with Crippen LogP contribution < -0.4 is 21.8 Å². The number of hydrogen-bond acceptors (Lipinski definition) is 6. The van der Waals surface area contributed by atoms with Crippen molar-refractivity contribution < 1.29 is 9.18 Å². The van der Waals surface area contributed by atoms with Gasteiger partial charge >= 0.3 is 0 Å². The zero-order valence-corrected chi connectivity index (χ0v) is 24.6. The van der Waals surface area contributed by atoms with Gasteiger partial charge in [-0.2, -0.15) is 0 Å². The molecule has 10 heteroatoms. The number of amidine groups is 1. The lowest BCUT2D eigenvalue weighted by Gasteiger charge is -2.16. The molecule has 0 aliphatic heterocycles. The molecule has 1 amide bonds. The van der Waals surface area contributed by atoms with Crippen LogP contribution >= 0.6 is 0 Å². The summed E-state index contributed by atoms with van der Waals surface area (Å²) < 4.78 is 15.7. The van der Waals surface area contributed by atoms with Crippen LogP contribution in [0.2, 0.25) is 0 Å². The Bertz CT molecular complexity index is 1690. The maximum absolute atomic E-state index is 13.8. The summed E-state index contributed by atoms with van der Waals surface area (Å²) in [5.41, 5.74) is 6.51. The van der Waals surface area contributed by atoms with Crippen molar-refractivity contribution in [2.75, 3.05) is 20.6 Å². The van der Waals surface area contributed by atoms with Gasteiger partial charge in [0.05, 0.1) is 17.4 Å². The standard InChI is InChI=1S/C33H37FN8O/c1-4-6-29(20-37-2)40-28(10-11-31(39-22-43)24-7-5-8-26(17-24)33(35)41(3)36)15-23-16-30(21-38-19-23)42-14-13-25-18-27(34)9-12-32(25)42/h5-14,16-19,21-22,35,37,40H,4,15,20,36H2,1-3H3,(H,39,43)/b28-10+,29-6+,31-11-,35-33?. The van der Waals surface area contributed by atoms with Gasteiger partial charge in [0.2, 0.25) is 6.41 Å². The predicted molar refractivity (Wildman–Crippen MR) is 171 cm³/mol. The second-order valence-corrected chi connectivity index (χ2v) is 9.98. The van der Waals surface area contributed by atoms with Crippen LogP contribution in [0.25, 0.3) is 22.3 Å². The highest BCUT2D eigenvalue weighted by Crippen LogP contribution is 2.22. The Labute approximate surface area is 251 Å². The molecular weight excluding hydrogens is 543 g/mol. The number of likely N-dealkylation sites (N-methyl/N-ethyl adjacent to an activating group) is 1. The Hall–Kier alpha value is -5.06. The van der Waals surface area contributed by atoms with Crippen LogP contribution in [0.1, 0.15) is 30.0 Å². The largest absolute Gasteiger partial charge is 0.361 e. The van der Waals surface area contributed by atoms with Crippen molar-refractivity contribution in [1.82, 2.24) is 30.5 Å². The highest BCUT2D eigenvalue weighted by molar-refractivity contribution is 5.96. The lowest BCUT2D eigenvalue weighted by molar-refractivity contribution is -0.108. The monoisotopic (exact) mass is 580 g/mol. The number of benzene rings is 2. The molecule has 0 unspecified atom stereocenters.